The largest absolute Gasteiger partial charge is 0.484 e. The zero-order valence-corrected chi connectivity index (χ0v) is 15.2. The number of hydrogen-bond donors (Lipinski definition) is 2. The lowest BCUT2D eigenvalue weighted by molar-refractivity contribution is -0.137. The van der Waals surface area contributed by atoms with Crippen molar-refractivity contribution < 1.29 is 14.3 Å². The van der Waals surface area contributed by atoms with Crippen LogP contribution in [0.25, 0.3) is 0 Å². The average molecular weight is 359 g/mol. The Bertz CT molecular complexity index is 608. The Morgan fingerprint density at radius 3 is 2.73 bits per heavy atom. The van der Waals surface area contributed by atoms with Crippen LogP contribution >= 0.6 is 0 Å². The van der Waals surface area contributed by atoms with E-state index in [1.807, 2.05) is 30.3 Å². The summed E-state index contributed by atoms with van der Waals surface area (Å²) in [5, 5.41) is 3.18. The molecule has 1 aliphatic carbocycles. The summed E-state index contributed by atoms with van der Waals surface area (Å²) in [6.45, 7) is 1.80. The number of benzene rings is 1. The first-order valence-corrected chi connectivity index (χ1v) is 9.63. The summed E-state index contributed by atoms with van der Waals surface area (Å²) in [6, 6.07) is 9.50. The van der Waals surface area contributed by atoms with Gasteiger partial charge in [-0.3, -0.25) is 9.59 Å². The normalized spacial score (nSPS) is 25.7. The van der Waals surface area contributed by atoms with E-state index in [1.54, 1.807) is 4.90 Å². The van der Waals surface area contributed by atoms with Crippen LogP contribution in [0.15, 0.2) is 30.3 Å². The van der Waals surface area contributed by atoms with Crippen molar-refractivity contribution in [2.75, 3.05) is 26.2 Å². The monoisotopic (exact) mass is 359 g/mol. The van der Waals surface area contributed by atoms with Gasteiger partial charge in [-0.1, -0.05) is 24.6 Å². The lowest BCUT2D eigenvalue weighted by atomic mass is 9.95. The number of nitrogens with two attached hydrogens (primary N) is 1. The second kappa shape index (κ2) is 9.03. The number of carbonyl (C=O) groups is 2. The van der Waals surface area contributed by atoms with Gasteiger partial charge in [-0.25, -0.2) is 0 Å². The fraction of sp³-hybridized carbons (Fsp3) is 0.600. The number of piperidine rings is 1. The first kappa shape index (κ1) is 18.7. The van der Waals surface area contributed by atoms with Gasteiger partial charge in [0, 0.05) is 19.1 Å². The number of amides is 2. The van der Waals surface area contributed by atoms with Gasteiger partial charge in [0.1, 0.15) is 5.75 Å². The molecule has 1 saturated heterocycles. The van der Waals surface area contributed by atoms with Crippen LogP contribution in [0.4, 0.5) is 0 Å². The molecule has 3 unspecified atom stereocenters. The zero-order chi connectivity index (χ0) is 18.4. The molecule has 2 fully saturated rings. The summed E-state index contributed by atoms with van der Waals surface area (Å²) in [5.74, 6) is 0.938. The zero-order valence-electron chi connectivity index (χ0n) is 15.2. The number of hydrogen-bond acceptors (Lipinski definition) is 4. The van der Waals surface area contributed by atoms with Crippen molar-refractivity contribution in [3.63, 3.8) is 0 Å². The maximum absolute atomic E-state index is 12.6. The molecule has 0 radical (unpaired) electrons. The van der Waals surface area contributed by atoms with Crippen LogP contribution in [0, 0.1) is 11.8 Å². The molecule has 0 bridgehead atoms. The summed E-state index contributed by atoms with van der Waals surface area (Å²) in [6.07, 6.45) is 4.90. The Balaban J connectivity index is 1.48. The van der Waals surface area contributed by atoms with Gasteiger partial charge in [0.15, 0.2) is 6.61 Å². The molecule has 1 saturated carbocycles. The van der Waals surface area contributed by atoms with Crippen LogP contribution in [0.2, 0.25) is 0 Å². The molecule has 1 heterocycles. The molecule has 6 nitrogen and oxygen atoms in total. The molecule has 3 N–H and O–H groups in total. The predicted octanol–water partition coefficient (Wildman–Crippen LogP) is 1.55. The second-order valence-corrected chi connectivity index (χ2v) is 7.32. The van der Waals surface area contributed by atoms with Crippen molar-refractivity contribution in [3.8, 4) is 5.75 Å². The predicted molar refractivity (Wildman–Crippen MR) is 99.6 cm³/mol. The van der Waals surface area contributed by atoms with Crippen LogP contribution in [0.3, 0.4) is 0 Å². The van der Waals surface area contributed by atoms with Crippen LogP contribution in [0.5, 0.6) is 5.75 Å². The summed E-state index contributed by atoms with van der Waals surface area (Å²) in [7, 11) is 0. The van der Waals surface area contributed by atoms with E-state index in [2.05, 4.69) is 5.32 Å². The van der Waals surface area contributed by atoms with Crippen molar-refractivity contribution in [1.82, 2.24) is 10.2 Å². The summed E-state index contributed by atoms with van der Waals surface area (Å²) >= 11 is 0. The van der Waals surface area contributed by atoms with E-state index >= 15 is 0 Å². The van der Waals surface area contributed by atoms with Crippen LogP contribution in [0.1, 0.15) is 32.1 Å². The van der Waals surface area contributed by atoms with Crippen LogP contribution in [-0.4, -0.2) is 49.0 Å². The Labute approximate surface area is 155 Å². The molecule has 1 aromatic carbocycles. The smallest absolute Gasteiger partial charge is 0.260 e. The molecule has 1 aromatic rings. The number of nitrogens with one attached hydrogen (secondary N) is 1. The van der Waals surface area contributed by atoms with E-state index in [0.29, 0.717) is 31.3 Å². The topological polar surface area (TPSA) is 84.7 Å². The maximum atomic E-state index is 12.6. The highest BCUT2D eigenvalue weighted by molar-refractivity contribution is 5.82. The Morgan fingerprint density at radius 1 is 1.15 bits per heavy atom. The van der Waals surface area contributed by atoms with Gasteiger partial charge in [0.25, 0.3) is 5.91 Å². The van der Waals surface area contributed by atoms with Crippen molar-refractivity contribution >= 4 is 11.8 Å². The van der Waals surface area contributed by atoms with Crippen LogP contribution in [-0.2, 0) is 9.59 Å². The number of likely N-dealkylation sites (tertiary alicyclic amines) is 1. The fourth-order valence-electron chi connectivity index (χ4n) is 3.98. The molecule has 1 aliphatic heterocycles. The Hall–Kier alpha value is -2.08. The van der Waals surface area contributed by atoms with Gasteiger partial charge in [0.2, 0.25) is 5.91 Å². The van der Waals surface area contributed by atoms with E-state index < -0.39 is 0 Å². The van der Waals surface area contributed by atoms with Gasteiger partial charge in [-0.15, -0.1) is 0 Å². The first-order valence-electron chi connectivity index (χ1n) is 9.63. The third-order valence-corrected chi connectivity index (χ3v) is 5.54. The highest BCUT2D eigenvalue weighted by Crippen LogP contribution is 2.26. The summed E-state index contributed by atoms with van der Waals surface area (Å²) < 4.78 is 5.55. The highest BCUT2D eigenvalue weighted by Gasteiger charge is 2.32. The number of para-hydroxylation sites is 1. The molecular weight excluding hydrogens is 330 g/mol. The van der Waals surface area contributed by atoms with Gasteiger partial charge < -0.3 is 20.7 Å². The third kappa shape index (κ3) is 4.75. The summed E-state index contributed by atoms with van der Waals surface area (Å²) in [5.41, 5.74) is 5.80. The van der Waals surface area contributed by atoms with Crippen LogP contribution < -0.4 is 15.8 Å². The Kier molecular flexibility index (Phi) is 6.50. The highest BCUT2D eigenvalue weighted by atomic mass is 16.5. The van der Waals surface area contributed by atoms with Gasteiger partial charge in [-0.2, -0.15) is 0 Å². The lowest BCUT2D eigenvalue weighted by Gasteiger charge is -2.33. The van der Waals surface area contributed by atoms with Gasteiger partial charge in [-0.05, 0) is 50.3 Å². The van der Waals surface area contributed by atoms with Gasteiger partial charge in [0.05, 0.1) is 5.92 Å². The molecule has 26 heavy (non-hydrogen) atoms. The molecule has 2 aliphatic rings. The minimum atomic E-state index is -0.136. The molecule has 142 valence electrons. The minimum absolute atomic E-state index is 0.0101. The standard InChI is InChI=1S/C20H29N3O3/c21-12-15-6-4-10-18(15)22-20(25)16-7-5-11-23(13-16)19(24)14-26-17-8-2-1-3-9-17/h1-3,8-9,15-16,18H,4-7,10-14,21H2,(H,22,25). The second-order valence-electron chi connectivity index (χ2n) is 7.32. The average Bonchev–Trinajstić information content (AvgIpc) is 3.14. The Morgan fingerprint density at radius 2 is 1.96 bits per heavy atom. The number of ether oxygens (including phenoxy) is 1. The van der Waals surface area contributed by atoms with Crippen molar-refractivity contribution in [2.24, 2.45) is 17.6 Å². The summed E-state index contributed by atoms with van der Waals surface area (Å²) in [4.78, 5) is 26.8. The quantitative estimate of drug-likeness (QED) is 0.807. The molecule has 3 atom stereocenters. The molecule has 2 amide bonds. The fourth-order valence-corrected chi connectivity index (χ4v) is 3.98. The van der Waals surface area contributed by atoms with Crippen molar-refractivity contribution in [2.45, 2.75) is 38.1 Å². The van der Waals surface area contributed by atoms with Crippen molar-refractivity contribution in [1.29, 1.82) is 0 Å². The maximum Gasteiger partial charge on any atom is 0.260 e. The minimum Gasteiger partial charge on any atom is -0.484 e. The van der Waals surface area contributed by atoms with E-state index in [9.17, 15) is 9.59 Å². The number of carbonyl (C=O) groups excluding carboxylic acids is 2. The molecular formula is C20H29N3O3. The van der Waals surface area contributed by atoms with E-state index in [4.69, 9.17) is 10.5 Å². The SMILES string of the molecule is NCC1CCCC1NC(=O)C1CCCN(C(=O)COc2ccccc2)C1. The molecule has 6 heteroatoms. The van der Waals surface area contributed by atoms with Gasteiger partial charge >= 0.3 is 0 Å². The first-order chi connectivity index (χ1) is 12.7. The lowest BCUT2D eigenvalue weighted by Crippen LogP contribution is -2.49. The van der Waals surface area contributed by atoms with E-state index in [-0.39, 0.29) is 30.4 Å². The van der Waals surface area contributed by atoms with E-state index in [1.165, 1.54) is 0 Å². The molecule has 0 spiro atoms. The number of rotatable bonds is 6. The molecule has 0 aromatic heterocycles. The molecule has 3 rings (SSSR count). The van der Waals surface area contributed by atoms with Crippen molar-refractivity contribution in [3.05, 3.63) is 30.3 Å². The van der Waals surface area contributed by atoms with E-state index in [0.717, 1.165) is 32.1 Å². The number of nitrogens with zero attached hydrogens (tertiary/aromatic N) is 1. The third-order valence-electron chi connectivity index (χ3n) is 5.54.